The van der Waals surface area contributed by atoms with Crippen molar-refractivity contribution >= 4 is 53.9 Å². The molecule has 0 saturated heterocycles. The van der Waals surface area contributed by atoms with Crippen LogP contribution in [-0.2, 0) is 0 Å². The molecule has 0 amide bonds. The Morgan fingerprint density at radius 2 is 0.720 bits per heavy atom. The van der Waals surface area contributed by atoms with Gasteiger partial charge in [-0.15, -0.1) is 0 Å². The molecule has 50 heavy (non-hydrogen) atoms. The van der Waals surface area contributed by atoms with Crippen molar-refractivity contribution in [3.8, 4) is 45.3 Å². The first kappa shape index (κ1) is 28.3. The van der Waals surface area contributed by atoms with E-state index in [0.717, 1.165) is 27.6 Å². The van der Waals surface area contributed by atoms with Gasteiger partial charge in [0.05, 0.1) is 0 Å². The van der Waals surface area contributed by atoms with Gasteiger partial charge in [0.25, 0.3) is 0 Å². The van der Waals surface area contributed by atoms with Gasteiger partial charge in [-0.1, -0.05) is 170 Å². The molecule has 0 saturated carbocycles. The molecule has 10 aromatic rings. The van der Waals surface area contributed by atoms with Crippen LogP contribution in [0.4, 0.5) is 0 Å². The summed E-state index contributed by atoms with van der Waals surface area (Å²) in [5, 5.41) is 12.2. The van der Waals surface area contributed by atoms with Crippen LogP contribution < -0.4 is 0 Å². The Balaban J connectivity index is 1.22. The highest BCUT2D eigenvalue weighted by Gasteiger charge is 2.19. The zero-order valence-corrected chi connectivity index (χ0v) is 27.1. The highest BCUT2D eigenvalue weighted by Crippen LogP contribution is 2.42. The molecule has 0 spiro atoms. The second kappa shape index (κ2) is 11.5. The third-order valence-electron chi connectivity index (χ3n) is 9.90. The maximum absolute atomic E-state index is 5.23. The molecule has 10 rings (SSSR count). The molecule has 1 heterocycles. The smallest absolute Gasteiger partial charge is 0.164 e. The van der Waals surface area contributed by atoms with Crippen LogP contribution in [0, 0.1) is 0 Å². The fourth-order valence-corrected chi connectivity index (χ4v) is 7.57. The number of fused-ring (bicyclic) bond motifs is 9. The Morgan fingerprint density at radius 1 is 0.260 bits per heavy atom. The van der Waals surface area contributed by atoms with E-state index >= 15 is 0 Å². The zero-order valence-electron chi connectivity index (χ0n) is 27.1. The van der Waals surface area contributed by atoms with Gasteiger partial charge >= 0.3 is 0 Å². The van der Waals surface area contributed by atoms with E-state index in [1.807, 2.05) is 18.2 Å². The maximum atomic E-state index is 5.23. The van der Waals surface area contributed by atoms with Gasteiger partial charge < -0.3 is 0 Å². The Morgan fingerprint density at radius 3 is 1.42 bits per heavy atom. The first-order chi connectivity index (χ1) is 24.8. The van der Waals surface area contributed by atoms with E-state index in [0.29, 0.717) is 17.5 Å². The lowest BCUT2D eigenvalue weighted by atomic mass is 9.89. The lowest BCUT2D eigenvalue weighted by molar-refractivity contribution is 1.08. The molecular weight excluding hydrogens is 607 g/mol. The molecule has 0 aliphatic carbocycles. The lowest BCUT2D eigenvalue weighted by Gasteiger charge is -2.16. The van der Waals surface area contributed by atoms with Gasteiger partial charge in [-0.3, -0.25) is 0 Å². The summed E-state index contributed by atoms with van der Waals surface area (Å²) in [5.41, 5.74) is 5.24. The first-order valence-corrected chi connectivity index (χ1v) is 17.0. The van der Waals surface area contributed by atoms with Crippen molar-refractivity contribution in [2.45, 2.75) is 0 Å². The van der Waals surface area contributed by atoms with Gasteiger partial charge in [0.15, 0.2) is 17.5 Å². The largest absolute Gasteiger partial charge is 0.208 e. The molecule has 0 bridgehead atoms. The summed E-state index contributed by atoms with van der Waals surface area (Å²) >= 11 is 0. The molecule has 0 radical (unpaired) electrons. The van der Waals surface area contributed by atoms with Crippen LogP contribution in [0.3, 0.4) is 0 Å². The SMILES string of the molecule is c1ccc(-c2nc(-c3ccc(-c4cccc5ccccc45)cc3)nc(-c3cc4c5ccccc5c5ccccc5c4c4ccccc34)n2)cc1. The third-order valence-corrected chi connectivity index (χ3v) is 9.90. The average molecular weight is 636 g/mol. The average Bonchev–Trinajstić information content (AvgIpc) is 3.20. The molecule has 0 fully saturated rings. The number of hydrogen-bond donors (Lipinski definition) is 0. The predicted octanol–water partition coefficient (Wildman–Crippen LogP) is 12.3. The summed E-state index contributed by atoms with van der Waals surface area (Å²) < 4.78 is 0. The summed E-state index contributed by atoms with van der Waals surface area (Å²) in [7, 11) is 0. The molecule has 232 valence electrons. The summed E-state index contributed by atoms with van der Waals surface area (Å²) in [6, 6.07) is 62.2. The van der Waals surface area contributed by atoms with E-state index in [4.69, 9.17) is 15.0 Å². The van der Waals surface area contributed by atoms with Crippen LogP contribution in [0.5, 0.6) is 0 Å². The van der Waals surface area contributed by atoms with Crippen molar-refractivity contribution < 1.29 is 0 Å². The maximum Gasteiger partial charge on any atom is 0.164 e. The second-order valence-corrected chi connectivity index (χ2v) is 12.8. The van der Waals surface area contributed by atoms with Gasteiger partial charge in [0.1, 0.15) is 0 Å². The van der Waals surface area contributed by atoms with Crippen molar-refractivity contribution in [1.82, 2.24) is 15.0 Å². The van der Waals surface area contributed by atoms with Crippen LogP contribution >= 0.6 is 0 Å². The lowest BCUT2D eigenvalue weighted by Crippen LogP contribution is -2.01. The summed E-state index contributed by atoms with van der Waals surface area (Å²) in [6.45, 7) is 0. The van der Waals surface area contributed by atoms with Crippen LogP contribution in [0.15, 0.2) is 176 Å². The minimum absolute atomic E-state index is 0.644. The number of nitrogens with zero attached hydrogens (tertiary/aromatic N) is 3. The van der Waals surface area contributed by atoms with E-state index in [2.05, 4.69) is 158 Å². The molecule has 1 aromatic heterocycles. The number of hydrogen-bond acceptors (Lipinski definition) is 3. The van der Waals surface area contributed by atoms with Crippen LogP contribution in [0.25, 0.3) is 99.2 Å². The Kier molecular flexibility index (Phi) is 6.49. The van der Waals surface area contributed by atoms with E-state index in [1.165, 1.54) is 54.0 Å². The van der Waals surface area contributed by atoms with Crippen molar-refractivity contribution in [3.63, 3.8) is 0 Å². The predicted molar refractivity (Wildman–Crippen MR) is 209 cm³/mol. The normalized spacial score (nSPS) is 11.6. The molecule has 3 heteroatoms. The molecular formula is C47H29N3. The molecule has 0 unspecified atom stereocenters. The monoisotopic (exact) mass is 635 g/mol. The quantitative estimate of drug-likeness (QED) is 0.181. The number of rotatable bonds is 4. The van der Waals surface area contributed by atoms with Gasteiger partial charge in [-0.25, -0.2) is 15.0 Å². The van der Waals surface area contributed by atoms with E-state index in [9.17, 15) is 0 Å². The van der Waals surface area contributed by atoms with Gasteiger partial charge in [-0.05, 0) is 71.1 Å². The Hall–Kier alpha value is -6.71. The third kappa shape index (κ3) is 4.56. The molecule has 9 aromatic carbocycles. The molecule has 0 N–H and O–H groups in total. The van der Waals surface area contributed by atoms with Gasteiger partial charge in [0.2, 0.25) is 0 Å². The molecule has 0 atom stereocenters. The highest BCUT2D eigenvalue weighted by atomic mass is 15.0. The van der Waals surface area contributed by atoms with Crippen molar-refractivity contribution in [2.75, 3.05) is 0 Å². The van der Waals surface area contributed by atoms with Crippen LogP contribution in [0.1, 0.15) is 0 Å². The highest BCUT2D eigenvalue weighted by molar-refractivity contribution is 6.32. The second-order valence-electron chi connectivity index (χ2n) is 12.8. The van der Waals surface area contributed by atoms with E-state index < -0.39 is 0 Å². The number of aromatic nitrogens is 3. The standard InChI is InChI=1S/C47H29N3/c1-2-14-32(15-3-1)45-48-46(33-27-25-31(26-28-33)35-24-12-16-30-13-4-5-17-34(30)35)50-47(49-45)43-29-42-38-20-7-6-18-36(38)37-19-8-10-22-40(37)44(42)41-23-11-9-21-39(41)43/h1-29H. The van der Waals surface area contributed by atoms with E-state index in [-0.39, 0.29) is 0 Å². The van der Waals surface area contributed by atoms with Crippen molar-refractivity contribution in [2.24, 2.45) is 0 Å². The topological polar surface area (TPSA) is 38.7 Å². The Bertz CT molecular complexity index is 2910. The van der Waals surface area contributed by atoms with E-state index in [1.54, 1.807) is 0 Å². The van der Waals surface area contributed by atoms with Crippen molar-refractivity contribution in [1.29, 1.82) is 0 Å². The summed E-state index contributed by atoms with van der Waals surface area (Å²) in [4.78, 5) is 15.5. The minimum Gasteiger partial charge on any atom is -0.208 e. The molecule has 3 nitrogen and oxygen atoms in total. The van der Waals surface area contributed by atoms with Crippen LogP contribution in [-0.4, -0.2) is 15.0 Å². The van der Waals surface area contributed by atoms with Gasteiger partial charge in [-0.2, -0.15) is 0 Å². The van der Waals surface area contributed by atoms with Gasteiger partial charge in [0, 0.05) is 16.7 Å². The van der Waals surface area contributed by atoms with Crippen LogP contribution in [0.2, 0.25) is 0 Å². The summed E-state index contributed by atoms with van der Waals surface area (Å²) in [5.74, 6) is 1.95. The van der Waals surface area contributed by atoms with Crippen molar-refractivity contribution in [3.05, 3.63) is 176 Å². The first-order valence-electron chi connectivity index (χ1n) is 17.0. The number of benzene rings is 9. The Labute approximate surface area is 289 Å². The summed E-state index contributed by atoms with van der Waals surface area (Å²) in [6.07, 6.45) is 0. The molecule has 0 aliphatic heterocycles. The fourth-order valence-electron chi connectivity index (χ4n) is 7.57. The minimum atomic E-state index is 0.644. The fraction of sp³-hybridized carbons (Fsp3) is 0. The molecule has 0 aliphatic rings. The zero-order chi connectivity index (χ0) is 33.0.